The molecule has 0 spiro atoms. The topological polar surface area (TPSA) is 49.4 Å². The lowest BCUT2D eigenvalue weighted by molar-refractivity contribution is -0.144. The number of rotatable bonds is 2. The molecular formula is C11H18N2O2S. The second-order valence-electron chi connectivity index (χ2n) is 4.93. The first-order valence-corrected chi connectivity index (χ1v) is 6.88. The van der Waals surface area contributed by atoms with Gasteiger partial charge in [0, 0.05) is 6.54 Å². The van der Waals surface area contributed by atoms with Gasteiger partial charge in [0.2, 0.25) is 11.8 Å². The third-order valence-corrected chi connectivity index (χ3v) is 4.31. The highest BCUT2D eigenvalue weighted by atomic mass is 32.2. The lowest BCUT2D eigenvalue weighted by Gasteiger charge is -2.38. The van der Waals surface area contributed by atoms with Crippen molar-refractivity contribution in [3.63, 3.8) is 0 Å². The number of carbonyl (C=O) groups excluding carboxylic acids is 2. The maximum Gasteiger partial charge on any atom is 0.239 e. The summed E-state index contributed by atoms with van der Waals surface area (Å²) >= 11 is 1.42. The van der Waals surface area contributed by atoms with Crippen LogP contribution in [0.15, 0.2) is 0 Å². The molecule has 1 N–H and O–H groups in total. The second kappa shape index (κ2) is 4.75. The van der Waals surface area contributed by atoms with Crippen LogP contribution in [0.25, 0.3) is 0 Å². The van der Waals surface area contributed by atoms with E-state index in [-0.39, 0.29) is 17.2 Å². The minimum absolute atomic E-state index is 0.0130. The summed E-state index contributed by atoms with van der Waals surface area (Å²) in [7, 11) is 0. The molecule has 2 fully saturated rings. The molecule has 16 heavy (non-hydrogen) atoms. The highest BCUT2D eigenvalue weighted by molar-refractivity contribution is 8.00. The second-order valence-corrected chi connectivity index (χ2v) is 5.91. The predicted octanol–water partition coefficient (Wildman–Crippen LogP) is 0.478. The molecule has 2 heterocycles. The van der Waals surface area contributed by atoms with Crippen molar-refractivity contribution in [2.24, 2.45) is 5.41 Å². The Kier molecular flexibility index (Phi) is 3.54. The first-order chi connectivity index (χ1) is 7.61. The van der Waals surface area contributed by atoms with E-state index in [0.29, 0.717) is 18.1 Å². The highest BCUT2D eigenvalue weighted by Crippen LogP contribution is 2.30. The number of imide groups is 1. The standard InChI is InChI=1S/C11H18N2O2S/c1-11(2-4-12-5-3-11)8-13-9(14)6-16-7-10(13)15/h12H,2-8H2,1H3. The van der Waals surface area contributed by atoms with Crippen molar-refractivity contribution in [3.05, 3.63) is 0 Å². The van der Waals surface area contributed by atoms with Crippen LogP contribution in [-0.2, 0) is 9.59 Å². The van der Waals surface area contributed by atoms with Gasteiger partial charge in [-0.3, -0.25) is 14.5 Å². The van der Waals surface area contributed by atoms with E-state index in [0.717, 1.165) is 25.9 Å². The molecule has 0 aromatic rings. The van der Waals surface area contributed by atoms with Crippen LogP contribution in [0, 0.1) is 5.41 Å². The molecule has 2 amide bonds. The van der Waals surface area contributed by atoms with Gasteiger partial charge in [-0.25, -0.2) is 0 Å². The van der Waals surface area contributed by atoms with Gasteiger partial charge in [-0.05, 0) is 31.3 Å². The maximum absolute atomic E-state index is 11.7. The fraction of sp³-hybridized carbons (Fsp3) is 0.818. The third kappa shape index (κ3) is 2.58. The number of carbonyl (C=O) groups is 2. The van der Waals surface area contributed by atoms with E-state index >= 15 is 0 Å². The van der Waals surface area contributed by atoms with Crippen molar-refractivity contribution in [1.29, 1.82) is 0 Å². The van der Waals surface area contributed by atoms with Gasteiger partial charge in [0.25, 0.3) is 0 Å². The van der Waals surface area contributed by atoms with Crippen LogP contribution in [0.5, 0.6) is 0 Å². The number of hydrogen-bond donors (Lipinski definition) is 1. The average Bonchev–Trinajstić information content (AvgIpc) is 2.25. The molecule has 5 heteroatoms. The van der Waals surface area contributed by atoms with Gasteiger partial charge in [0.15, 0.2) is 0 Å². The van der Waals surface area contributed by atoms with E-state index in [2.05, 4.69) is 12.2 Å². The SMILES string of the molecule is CC1(CN2C(=O)CSCC2=O)CCNCC1. The summed E-state index contributed by atoms with van der Waals surface area (Å²) in [5, 5.41) is 3.31. The molecule has 2 aliphatic rings. The van der Waals surface area contributed by atoms with Crippen LogP contribution in [0.1, 0.15) is 19.8 Å². The van der Waals surface area contributed by atoms with Crippen molar-refractivity contribution in [2.75, 3.05) is 31.1 Å². The number of amides is 2. The highest BCUT2D eigenvalue weighted by Gasteiger charge is 2.35. The van der Waals surface area contributed by atoms with E-state index in [9.17, 15) is 9.59 Å². The van der Waals surface area contributed by atoms with Crippen LogP contribution < -0.4 is 5.32 Å². The zero-order valence-corrected chi connectivity index (χ0v) is 10.4. The van der Waals surface area contributed by atoms with Gasteiger partial charge < -0.3 is 5.32 Å². The Bertz CT molecular complexity index is 284. The van der Waals surface area contributed by atoms with Crippen LogP contribution in [0.2, 0.25) is 0 Å². The summed E-state index contributed by atoms with van der Waals surface area (Å²) in [4.78, 5) is 24.9. The number of thioether (sulfide) groups is 1. The molecule has 2 aliphatic heterocycles. The zero-order chi connectivity index (χ0) is 11.6. The first kappa shape index (κ1) is 11.9. The third-order valence-electron chi connectivity index (χ3n) is 3.40. The van der Waals surface area contributed by atoms with Gasteiger partial charge in [-0.15, -0.1) is 11.8 Å². The largest absolute Gasteiger partial charge is 0.317 e. The molecule has 0 atom stereocenters. The van der Waals surface area contributed by atoms with E-state index in [1.807, 2.05) is 0 Å². The zero-order valence-electron chi connectivity index (χ0n) is 9.62. The smallest absolute Gasteiger partial charge is 0.239 e. The Morgan fingerprint density at radius 1 is 1.25 bits per heavy atom. The number of hydrogen-bond acceptors (Lipinski definition) is 4. The lowest BCUT2D eigenvalue weighted by atomic mass is 9.80. The molecule has 2 saturated heterocycles. The van der Waals surface area contributed by atoms with E-state index in [4.69, 9.17) is 0 Å². The van der Waals surface area contributed by atoms with Crippen LogP contribution in [0.3, 0.4) is 0 Å². The summed E-state index contributed by atoms with van der Waals surface area (Å²) < 4.78 is 0. The Morgan fingerprint density at radius 2 is 1.81 bits per heavy atom. The number of nitrogens with zero attached hydrogens (tertiary/aromatic N) is 1. The minimum atomic E-state index is -0.0130. The van der Waals surface area contributed by atoms with Crippen molar-refractivity contribution in [1.82, 2.24) is 10.2 Å². The van der Waals surface area contributed by atoms with E-state index in [1.165, 1.54) is 16.7 Å². The fourth-order valence-electron chi connectivity index (χ4n) is 2.27. The molecule has 0 bridgehead atoms. The molecule has 0 unspecified atom stereocenters. The van der Waals surface area contributed by atoms with Crippen molar-refractivity contribution >= 4 is 23.6 Å². The quantitative estimate of drug-likeness (QED) is 0.716. The van der Waals surface area contributed by atoms with E-state index < -0.39 is 0 Å². The fourth-order valence-corrected chi connectivity index (χ4v) is 3.03. The molecule has 0 aromatic heterocycles. The number of piperidine rings is 1. The summed E-state index contributed by atoms with van der Waals surface area (Å²) in [6.45, 7) is 4.76. The van der Waals surface area contributed by atoms with Gasteiger partial charge >= 0.3 is 0 Å². The molecular weight excluding hydrogens is 224 g/mol. The first-order valence-electron chi connectivity index (χ1n) is 5.72. The summed E-state index contributed by atoms with van der Waals surface area (Å²) in [5.41, 5.74) is 0.110. The molecule has 0 radical (unpaired) electrons. The molecule has 90 valence electrons. The van der Waals surface area contributed by atoms with Crippen LogP contribution in [0.4, 0.5) is 0 Å². The van der Waals surface area contributed by atoms with Crippen molar-refractivity contribution in [2.45, 2.75) is 19.8 Å². The lowest BCUT2D eigenvalue weighted by Crippen LogP contribution is -2.50. The molecule has 0 aromatic carbocycles. The van der Waals surface area contributed by atoms with Gasteiger partial charge in [0.1, 0.15) is 0 Å². The summed E-state index contributed by atoms with van der Waals surface area (Å²) in [5.74, 6) is 0.891. The van der Waals surface area contributed by atoms with Gasteiger partial charge in [-0.2, -0.15) is 0 Å². The molecule has 0 aliphatic carbocycles. The Balaban J connectivity index is 2.01. The summed E-state index contributed by atoms with van der Waals surface area (Å²) in [6.07, 6.45) is 2.08. The van der Waals surface area contributed by atoms with Gasteiger partial charge in [-0.1, -0.05) is 6.92 Å². The molecule has 0 saturated carbocycles. The number of nitrogens with one attached hydrogen (secondary N) is 1. The Hall–Kier alpha value is -0.550. The monoisotopic (exact) mass is 242 g/mol. The maximum atomic E-state index is 11.7. The Labute approximate surface area is 100 Å². The van der Waals surface area contributed by atoms with Gasteiger partial charge in [0.05, 0.1) is 11.5 Å². The molecule has 4 nitrogen and oxygen atoms in total. The molecule has 2 rings (SSSR count). The minimum Gasteiger partial charge on any atom is -0.317 e. The Morgan fingerprint density at radius 3 is 2.38 bits per heavy atom. The van der Waals surface area contributed by atoms with Crippen LogP contribution >= 0.6 is 11.8 Å². The summed E-state index contributed by atoms with van der Waals surface area (Å²) in [6, 6.07) is 0. The van der Waals surface area contributed by atoms with Crippen molar-refractivity contribution < 1.29 is 9.59 Å². The van der Waals surface area contributed by atoms with E-state index in [1.54, 1.807) is 0 Å². The van der Waals surface area contributed by atoms with Crippen molar-refractivity contribution in [3.8, 4) is 0 Å². The average molecular weight is 242 g/mol. The van der Waals surface area contributed by atoms with Crippen LogP contribution in [-0.4, -0.2) is 47.9 Å². The normalized spacial score (nSPS) is 25.9. The predicted molar refractivity (Wildman–Crippen MR) is 64.3 cm³/mol.